The van der Waals surface area contributed by atoms with E-state index in [1.807, 2.05) is 7.05 Å². The molecule has 0 fully saturated rings. The Morgan fingerprint density at radius 3 is 2.09 bits per heavy atom. The standard InChI is InChI=1S/C10H21N/c1-8(9(2)11-6)7-10(3,4)5/h7,9,11H,1-6H3/b8-7+. The average molecular weight is 155 g/mol. The molecule has 0 aliphatic carbocycles. The van der Waals surface area contributed by atoms with Crippen LogP contribution in [0.15, 0.2) is 11.6 Å². The van der Waals surface area contributed by atoms with Gasteiger partial charge in [0.05, 0.1) is 0 Å². The van der Waals surface area contributed by atoms with Crippen molar-refractivity contribution in [3.63, 3.8) is 0 Å². The number of allylic oxidation sites excluding steroid dienone is 1. The fourth-order valence-corrected chi connectivity index (χ4v) is 1.04. The van der Waals surface area contributed by atoms with Gasteiger partial charge in [-0.3, -0.25) is 0 Å². The van der Waals surface area contributed by atoms with E-state index in [9.17, 15) is 0 Å². The lowest BCUT2D eigenvalue weighted by molar-refractivity contribution is 0.530. The van der Waals surface area contributed by atoms with Crippen molar-refractivity contribution in [3.05, 3.63) is 11.6 Å². The van der Waals surface area contributed by atoms with Crippen molar-refractivity contribution in [2.75, 3.05) is 7.05 Å². The fourth-order valence-electron chi connectivity index (χ4n) is 1.04. The SMILES string of the molecule is CNC(C)/C(C)=C/C(C)(C)C. The molecule has 1 N–H and O–H groups in total. The minimum Gasteiger partial charge on any atom is -0.314 e. The second-order valence-electron chi connectivity index (χ2n) is 4.26. The maximum absolute atomic E-state index is 3.22. The number of hydrogen-bond acceptors (Lipinski definition) is 1. The summed E-state index contributed by atoms with van der Waals surface area (Å²) in [7, 11) is 1.99. The third kappa shape index (κ3) is 5.02. The summed E-state index contributed by atoms with van der Waals surface area (Å²) >= 11 is 0. The Morgan fingerprint density at radius 2 is 1.82 bits per heavy atom. The molecule has 0 amide bonds. The summed E-state index contributed by atoms with van der Waals surface area (Å²) in [5.74, 6) is 0. The highest BCUT2D eigenvalue weighted by Gasteiger charge is 2.08. The Labute approximate surface area is 70.9 Å². The molecule has 0 rings (SSSR count). The summed E-state index contributed by atoms with van der Waals surface area (Å²) in [6.07, 6.45) is 2.31. The van der Waals surface area contributed by atoms with Gasteiger partial charge in [-0.25, -0.2) is 0 Å². The van der Waals surface area contributed by atoms with Crippen LogP contribution in [-0.4, -0.2) is 13.1 Å². The van der Waals surface area contributed by atoms with Gasteiger partial charge in [0, 0.05) is 6.04 Å². The van der Waals surface area contributed by atoms with Crippen molar-refractivity contribution < 1.29 is 0 Å². The van der Waals surface area contributed by atoms with Crippen LogP contribution in [-0.2, 0) is 0 Å². The molecule has 11 heavy (non-hydrogen) atoms. The lowest BCUT2D eigenvalue weighted by Gasteiger charge is -2.18. The molecule has 66 valence electrons. The molecule has 0 saturated heterocycles. The summed E-state index contributed by atoms with van der Waals surface area (Å²) < 4.78 is 0. The van der Waals surface area contributed by atoms with Crippen molar-refractivity contribution >= 4 is 0 Å². The normalized spacial score (nSPS) is 16.7. The van der Waals surface area contributed by atoms with Gasteiger partial charge in [-0.15, -0.1) is 0 Å². The van der Waals surface area contributed by atoms with Crippen LogP contribution in [0.1, 0.15) is 34.6 Å². The van der Waals surface area contributed by atoms with Gasteiger partial charge < -0.3 is 5.32 Å². The smallest absolute Gasteiger partial charge is 0.0245 e. The van der Waals surface area contributed by atoms with Crippen molar-refractivity contribution in [2.45, 2.75) is 40.7 Å². The Morgan fingerprint density at radius 1 is 1.36 bits per heavy atom. The maximum atomic E-state index is 3.22. The van der Waals surface area contributed by atoms with Crippen molar-refractivity contribution in [1.82, 2.24) is 5.32 Å². The van der Waals surface area contributed by atoms with Crippen molar-refractivity contribution in [3.8, 4) is 0 Å². The van der Waals surface area contributed by atoms with E-state index >= 15 is 0 Å². The van der Waals surface area contributed by atoms with Crippen molar-refractivity contribution in [1.29, 1.82) is 0 Å². The summed E-state index contributed by atoms with van der Waals surface area (Å²) in [4.78, 5) is 0. The molecule has 0 spiro atoms. The first-order valence-corrected chi connectivity index (χ1v) is 4.23. The lowest BCUT2D eigenvalue weighted by Crippen LogP contribution is -2.23. The largest absolute Gasteiger partial charge is 0.314 e. The van der Waals surface area contributed by atoms with Gasteiger partial charge >= 0.3 is 0 Å². The highest BCUT2D eigenvalue weighted by molar-refractivity contribution is 5.09. The second-order valence-corrected chi connectivity index (χ2v) is 4.26. The number of nitrogens with one attached hydrogen (secondary N) is 1. The van der Waals surface area contributed by atoms with Crippen LogP contribution in [0.2, 0.25) is 0 Å². The molecule has 1 nitrogen and oxygen atoms in total. The van der Waals surface area contributed by atoms with Crippen LogP contribution in [0, 0.1) is 5.41 Å². The van der Waals surface area contributed by atoms with Crippen LogP contribution < -0.4 is 5.32 Å². The van der Waals surface area contributed by atoms with E-state index in [0.717, 1.165) is 0 Å². The summed E-state index contributed by atoms with van der Waals surface area (Å²) in [5, 5.41) is 3.22. The molecular weight excluding hydrogens is 134 g/mol. The zero-order valence-corrected chi connectivity index (χ0v) is 8.65. The minimum atomic E-state index is 0.301. The summed E-state index contributed by atoms with van der Waals surface area (Å²) in [6.45, 7) is 11.0. The van der Waals surface area contributed by atoms with Crippen LogP contribution in [0.4, 0.5) is 0 Å². The van der Waals surface area contributed by atoms with Gasteiger partial charge in [-0.2, -0.15) is 0 Å². The van der Waals surface area contributed by atoms with Gasteiger partial charge in [-0.05, 0) is 26.3 Å². The first kappa shape index (κ1) is 10.7. The lowest BCUT2D eigenvalue weighted by atomic mass is 9.92. The molecule has 1 unspecified atom stereocenters. The molecule has 0 aromatic rings. The summed E-state index contributed by atoms with van der Waals surface area (Å²) in [5.41, 5.74) is 1.72. The zero-order valence-electron chi connectivity index (χ0n) is 8.65. The van der Waals surface area contributed by atoms with E-state index in [1.165, 1.54) is 5.57 Å². The van der Waals surface area contributed by atoms with Gasteiger partial charge in [-0.1, -0.05) is 32.4 Å². The Bertz CT molecular complexity index is 139. The molecule has 0 aliphatic rings. The molecule has 0 saturated carbocycles. The van der Waals surface area contributed by atoms with E-state index in [1.54, 1.807) is 0 Å². The van der Waals surface area contributed by atoms with Crippen LogP contribution in [0.25, 0.3) is 0 Å². The van der Waals surface area contributed by atoms with Gasteiger partial charge in [0.15, 0.2) is 0 Å². The van der Waals surface area contributed by atoms with Gasteiger partial charge in [0.25, 0.3) is 0 Å². The predicted octanol–water partition coefficient (Wildman–Crippen LogP) is 2.59. The minimum absolute atomic E-state index is 0.301. The first-order chi connectivity index (χ1) is 4.87. The Hall–Kier alpha value is -0.300. The van der Waals surface area contributed by atoms with Crippen LogP contribution >= 0.6 is 0 Å². The third-order valence-corrected chi connectivity index (χ3v) is 1.78. The molecular formula is C10H21N. The zero-order chi connectivity index (χ0) is 9.07. The molecule has 1 atom stereocenters. The predicted molar refractivity (Wildman–Crippen MR) is 51.7 cm³/mol. The van der Waals surface area contributed by atoms with E-state index in [-0.39, 0.29) is 0 Å². The average Bonchev–Trinajstić information content (AvgIpc) is 1.82. The van der Waals surface area contributed by atoms with E-state index in [2.05, 4.69) is 46.0 Å². The topological polar surface area (TPSA) is 12.0 Å². The highest BCUT2D eigenvalue weighted by atomic mass is 14.9. The molecule has 0 heterocycles. The number of likely N-dealkylation sites (N-methyl/N-ethyl adjacent to an activating group) is 1. The van der Waals surface area contributed by atoms with E-state index < -0.39 is 0 Å². The summed E-state index contributed by atoms with van der Waals surface area (Å²) in [6, 6.07) is 0.495. The monoisotopic (exact) mass is 155 g/mol. The quantitative estimate of drug-likeness (QED) is 0.604. The fraction of sp³-hybridized carbons (Fsp3) is 0.800. The molecule has 0 radical (unpaired) electrons. The molecule has 0 aliphatic heterocycles. The maximum Gasteiger partial charge on any atom is 0.0245 e. The van der Waals surface area contributed by atoms with Crippen molar-refractivity contribution in [2.24, 2.45) is 5.41 Å². The molecule has 0 aromatic heterocycles. The molecule has 1 heteroatoms. The highest BCUT2D eigenvalue weighted by Crippen LogP contribution is 2.18. The number of hydrogen-bond donors (Lipinski definition) is 1. The van der Waals surface area contributed by atoms with E-state index in [0.29, 0.717) is 11.5 Å². The van der Waals surface area contributed by atoms with Crippen LogP contribution in [0.5, 0.6) is 0 Å². The Kier molecular flexibility index (Phi) is 3.81. The van der Waals surface area contributed by atoms with Gasteiger partial charge in [0.1, 0.15) is 0 Å². The van der Waals surface area contributed by atoms with Gasteiger partial charge in [0.2, 0.25) is 0 Å². The molecule has 0 bridgehead atoms. The Balaban J connectivity index is 4.22. The molecule has 0 aromatic carbocycles. The third-order valence-electron chi connectivity index (χ3n) is 1.78. The number of rotatable bonds is 2. The first-order valence-electron chi connectivity index (χ1n) is 4.23. The van der Waals surface area contributed by atoms with Crippen LogP contribution in [0.3, 0.4) is 0 Å². The second kappa shape index (κ2) is 3.91. The van der Waals surface area contributed by atoms with E-state index in [4.69, 9.17) is 0 Å².